The van der Waals surface area contributed by atoms with E-state index in [1.165, 1.54) is 12.0 Å². The molecule has 3 rings (SSSR count). The smallest absolute Gasteiger partial charge is 0.314 e. The normalized spacial score (nSPS) is 15.0. The number of urea groups is 1. The molecule has 3 N–H and O–H groups in total. The summed E-state index contributed by atoms with van der Waals surface area (Å²) in [6.45, 7) is 2.03. The van der Waals surface area contributed by atoms with Crippen LogP contribution in [-0.2, 0) is 11.2 Å². The maximum Gasteiger partial charge on any atom is 0.314 e. The number of primary amides is 1. The summed E-state index contributed by atoms with van der Waals surface area (Å²) in [4.78, 5) is 22.5. The van der Waals surface area contributed by atoms with E-state index in [-0.39, 0.29) is 12.5 Å². The summed E-state index contributed by atoms with van der Waals surface area (Å²) in [5.74, 6) is 0.948. The Hall–Kier alpha value is -2.44. The number of carboxylic acids is 1. The van der Waals surface area contributed by atoms with Crippen LogP contribution in [0.25, 0.3) is 0 Å². The number of nitrogens with zero attached hydrogens (tertiary/aromatic N) is 1. The van der Waals surface area contributed by atoms with Gasteiger partial charge >= 0.3 is 12.0 Å². The SMILES string of the molecule is NC(=O)N1CCCCC1.O=C(O)CCCCCCc1ccc2c(c1)OCO2. The van der Waals surface area contributed by atoms with E-state index in [4.69, 9.17) is 20.3 Å². The van der Waals surface area contributed by atoms with Crippen molar-refractivity contribution in [3.63, 3.8) is 0 Å². The lowest BCUT2D eigenvalue weighted by molar-refractivity contribution is -0.137. The monoisotopic (exact) mass is 378 g/mol. The number of piperidine rings is 1. The Morgan fingerprint density at radius 3 is 2.37 bits per heavy atom. The van der Waals surface area contributed by atoms with E-state index in [0.717, 1.165) is 69.5 Å². The highest BCUT2D eigenvalue weighted by molar-refractivity contribution is 5.72. The number of aryl methyl sites for hydroxylation is 1. The molecule has 0 radical (unpaired) electrons. The van der Waals surface area contributed by atoms with Gasteiger partial charge in [0.2, 0.25) is 6.79 Å². The molecule has 0 unspecified atom stereocenters. The highest BCUT2D eigenvalue weighted by Gasteiger charge is 2.13. The van der Waals surface area contributed by atoms with E-state index >= 15 is 0 Å². The first-order valence-corrected chi connectivity index (χ1v) is 9.71. The summed E-state index contributed by atoms with van der Waals surface area (Å²) in [6.07, 6.45) is 8.66. The van der Waals surface area contributed by atoms with Crippen LogP contribution in [0.1, 0.15) is 56.9 Å². The van der Waals surface area contributed by atoms with Crippen LogP contribution < -0.4 is 15.2 Å². The highest BCUT2D eigenvalue weighted by atomic mass is 16.7. The van der Waals surface area contributed by atoms with Gasteiger partial charge in [0.15, 0.2) is 11.5 Å². The van der Waals surface area contributed by atoms with Crippen LogP contribution >= 0.6 is 0 Å². The average Bonchev–Trinajstić information content (AvgIpc) is 3.13. The first kappa shape index (κ1) is 20.9. The summed E-state index contributed by atoms with van der Waals surface area (Å²) in [6, 6.07) is 5.77. The molecule has 1 fully saturated rings. The van der Waals surface area contributed by atoms with E-state index in [0.29, 0.717) is 6.79 Å². The highest BCUT2D eigenvalue weighted by Crippen LogP contribution is 2.32. The molecule has 7 heteroatoms. The third-order valence-corrected chi connectivity index (χ3v) is 4.71. The van der Waals surface area contributed by atoms with Gasteiger partial charge in [0.05, 0.1) is 0 Å². The van der Waals surface area contributed by atoms with Gasteiger partial charge in [-0.05, 0) is 56.2 Å². The predicted molar refractivity (Wildman–Crippen MR) is 102 cm³/mol. The number of ether oxygens (including phenoxy) is 2. The summed E-state index contributed by atoms with van der Waals surface area (Å²) >= 11 is 0. The van der Waals surface area contributed by atoms with Gasteiger partial charge in [0, 0.05) is 19.5 Å². The molecule has 0 saturated carbocycles. The molecule has 0 aromatic heterocycles. The minimum Gasteiger partial charge on any atom is -0.481 e. The number of aliphatic carboxylic acids is 1. The van der Waals surface area contributed by atoms with Crippen molar-refractivity contribution in [3.8, 4) is 11.5 Å². The molecule has 2 aliphatic rings. The van der Waals surface area contributed by atoms with Crippen LogP contribution in [0.2, 0.25) is 0 Å². The van der Waals surface area contributed by atoms with Gasteiger partial charge in [-0.2, -0.15) is 0 Å². The topological polar surface area (TPSA) is 102 Å². The van der Waals surface area contributed by atoms with Gasteiger partial charge < -0.3 is 25.2 Å². The molecule has 1 saturated heterocycles. The van der Waals surface area contributed by atoms with Gasteiger partial charge in [-0.3, -0.25) is 4.79 Å². The fraction of sp³-hybridized carbons (Fsp3) is 0.600. The Morgan fingerprint density at radius 2 is 1.70 bits per heavy atom. The molecule has 7 nitrogen and oxygen atoms in total. The number of fused-ring (bicyclic) bond motifs is 1. The number of carbonyl (C=O) groups excluding carboxylic acids is 1. The van der Waals surface area contributed by atoms with Crippen molar-refractivity contribution in [2.45, 2.75) is 57.8 Å². The van der Waals surface area contributed by atoms with Crippen molar-refractivity contribution in [1.29, 1.82) is 0 Å². The van der Waals surface area contributed by atoms with E-state index in [1.54, 1.807) is 4.90 Å². The largest absolute Gasteiger partial charge is 0.481 e. The van der Waals surface area contributed by atoms with Crippen LogP contribution in [0.4, 0.5) is 4.79 Å². The standard InChI is InChI=1S/C14H18O4.C6H12N2O/c15-14(16)6-4-2-1-3-5-11-7-8-12-13(9-11)18-10-17-12;7-6(9)8-4-2-1-3-5-8/h7-9H,1-6,10H2,(H,15,16);1-5H2,(H2,7,9). The predicted octanol–water partition coefficient (Wildman–Crippen LogP) is 3.54. The number of hydrogen-bond acceptors (Lipinski definition) is 4. The number of benzene rings is 1. The lowest BCUT2D eigenvalue weighted by Gasteiger charge is -2.24. The third-order valence-electron chi connectivity index (χ3n) is 4.71. The number of nitrogens with two attached hydrogens (primary N) is 1. The van der Waals surface area contributed by atoms with Gasteiger partial charge in [-0.15, -0.1) is 0 Å². The van der Waals surface area contributed by atoms with Crippen molar-refractivity contribution in [2.75, 3.05) is 19.9 Å². The summed E-state index contributed by atoms with van der Waals surface area (Å²) < 4.78 is 10.6. The number of amides is 2. The summed E-state index contributed by atoms with van der Waals surface area (Å²) in [5, 5.41) is 8.51. The molecule has 0 aliphatic carbocycles. The van der Waals surface area contributed by atoms with E-state index in [2.05, 4.69) is 6.07 Å². The van der Waals surface area contributed by atoms with Crippen LogP contribution in [-0.4, -0.2) is 41.9 Å². The van der Waals surface area contributed by atoms with E-state index in [1.807, 2.05) is 12.1 Å². The molecule has 1 aromatic carbocycles. The Bertz CT molecular complexity index is 614. The lowest BCUT2D eigenvalue weighted by atomic mass is 10.0. The minimum absolute atomic E-state index is 0.269. The van der Waals surface area contributed by atoms with Gasteiger partial charge in [-0.25, -0.2) is 4.79 Å². The molecular weight excluding hydrogens is 348 g/mol. The lowest BCUT2D eigenvalue weighted by Crippen LogP contribution is -2.39. The Balaban J connectivity index is 0.000000244. The summed E-state index contributed by atoms with van der Waals surface area (Å²) in [7, 11) is 0. The van der Waals surface area contributed by atoms with Gasteiger partial charge in [0.1, 0.15) is 0 Å². The number of hydrogen-bond donors (Lipinski definition) is 2. The molecule has 0 atom stereocenters. The maximum atomic E-state index is 10.5. The van der Waals surface area contributed by atoms with Crippen molar-refractivity contribution < 1.29 is 24.2 Å². The van der Waals surface area contributed by atoms with Crippen LogP contribution in [0.15, 0.2) is 18.2 Å². The maximum absolute atomic E-state index is 10.5. The number of carbonyl (C=O) groups is 2. The van der Waals surface area contributed by atoms with Crippen LogP contribution in [0.3, 0.4) is 0 Å². The molecule has 0 spiro atoms. The Labute approximate surface area is 160 Å². The van der Waals surface area contributed by atoms with Crippen molar-refractivity contribution >= 4 is 12.0 Å². The fourth-order valence-electron chi connectivity index (χ4n) is 3.17. The molecule has 0 bridgehead atoms. The van der Waals surface area contributed by atoms with Crippen molar-refractivity contribution in [3.05, 3.63) is 23.8 Å². The zero-order valence-electron chi connectivity index (χ0n) is 15.8. The summed E-state index contributed by atoms with van der Waals surface area (Å²) in [5.41, 5.74) is 6.30. The first-order valence-electron chi connectivity index (χ1n) is 9.71. The average molecular weight is 378 g/mol. The zero-order valence-corrected chi connectivity index (χ0v) is 15.8. The minimum atomic E-state index is -0.703. The third kappa shape index (κ3) is 7.76. The van der Waals surface area contributed by atoms with Crippen LogP contribution in [0, 0.1) is 0 Å². The van der Waals surface area contributed by atoms with Gasteiger partial charge in [-0.1, -0.05) is 18.9 Å². The number of likely N-dealkylation sites (tertiary alicyclic amines) is 1. The fourth-order valence-corrected chi connectivity index (χ4v) is 3.17. The Morgan fingerprint density at radius 1 is 1.00 bits per heavy atom. The molecule has 2 amide bonds. The quantitative estimate of drug-likeness (QED) is 0.707. The van der Waals surface area contributed by atoms with E-state index in [9.17, 15) is 9.59 Å². The molecular formula is C20H30N2O5. The number of rotatable bonds is 7. The number of carboxylic acid groups (broad SMARTS) is 1. The van der Waals surface area contributed by atoms with Gasteiger partial charge in [0.25, 0.3) is 0 Å². The molecule has 150 valence electrons. The second-order valence-corrected chi connectivity index (χ2v) is 6.88. The first-order chi connectivity index (χ1) is 13.1. The second kappa shape index (κ2) is 11.3. The molecule has 1 aromatic rings. The second-order valence-electron chi connectivity index (χ2n) is 6.88. The van der Waals surface area contributed by atoms with Crippen LogP contribution in [0.5, 0.6) is 11.5 Å². The molecule has 2 aliphatic heterocycles. The van der Waals surface area contributed by atoms with E-state index < -0.39 is 5.97 Å². The molecule has 2 heterocycles. The van der Waals surface area contributed by atoms with Crippen molar-refractivity contribution in [1.82, 2.24) is 4.90 Å². The number of unbranched alkanes of at least 4 members (excludes halogenated alkanes) is 3. The van der Waals surface area contributed by atoms with Crippen molar-refractivity contribution in [2.24, 2.45) is 5.73 Å². The Kier molecular flexibility index (Phi) is 8.74. The zero-order chi connectivity index (χ0) is 19.5. The molecule has 27 heavy (non-hydrogen) atoms.